The van der Waals surface area contributed by atoms with Gasteiger partial charge >= 0.3 is 0 Å². The molecule has 5 heteroatoms. The van der Waals surface area contributed by atoms with Crippen LogP contribution < -0.4 is 5.73 Å². The van der Waals surface area contributed by atoms with E-state index >= 15 is 0 Å². The van der Waals surface area contributed by atoms with Gasteiger partial charge in [0.1, 0.15) is 5.82 Å². The molecule has 2 N–H and O–H groups in total. The monoisotopic (exact) mass is 306 g/mol. The van der Waals surface area contributed by atoms with Gasteiger partial charge in [0.25, 0.3) is 0 Å². The van der Waals surface area contributed by atoms with Crippen molar-refractivity contribution >= 4 is 17.5 Å². The molecule has 0 saturated carbocycles. The predicted octanol–water partition coefficient (Wildman–Crippen LogP) is 3.21. The van der Waals surface area contributed by atoms with Crippen LogP contribution in [0, 0.1) is 5.82 Å². The Balaban J connectivity index is 2.01. The van der Waals surface area contributed by atoms with Crippen molar-refractivity contribution < 1.29 is 9.18 Å². The van der Waals surface area contributed by atoms with E-state index in [2.05, 4.69) is 4.90 Å². The second-order valence-corrected chi connectivity index (χ2v) is 5.38. The number of rotatable bonds is 5. The molecule has 0 aliphatic heterocycles. The number of carbonyl (C=O) groups excluding carboxylic acids is 1. The van der Waals surface area contributed by atoms with Gasteiger partial charge < -0.3 is 5.73 Å². The zero-order chi connectivity index (χ0) is 15.4. The highest BCUT2D eigenvalue weighted by Gasteiger charge is 2.07. The molecular formula is C16H16ClFN2O. The standard InChI is InChI=1S/C16H16ClFN2O/c1-20(10-13-6-7-14(18)8-15(13)17)9-11-2-4-12(5-3-11)16(19)21/h2-8H,9-10H2,1H3,(H2,19,21). The Kier molecular flexibility index (Phi) is 4.94. The van der Waals surface area contributed by atoms with Gasteiger partial charge in [0, 0.05) is 23.7 Å². The van der Waals surface area contributed by atoms with Gasteiger partial charge in [-0.25, -0.2) is 4.39 Å². The van der Waals surface area contributed by atoms with Crippen LogP contribution in [0.3, 0.4) is 0 Å². The molecule has 0 bridgehead atoms. The minimum atomic E-state index is -0.437. The first-order valence-electron chi connectivity index (χ1n) is 6.47. The second kappa shape index (κ2) is 6.70. The van der Waals surface area contributed by atoms with Crippen molar-refractivity contribution in [3.8, 4) is 0 Å². The lowest BCUT2D eigenvalue weighted by Crippen LogP contribution is -2.18. The van der Waals surface area contributed by atoms with Gasteiger partial charge in [0.05, 0.1) is 0 Å². The number of hydrogen-bond donors (Lipinski definition) is 1. The summed E-state index contributed by atoms with van der Waals surface area (Å²) in [7, 11) is 1.95. The maximum Gasteiger partial charge on any atom is 0.248 e. The Morgan fingerprint density at radius 3 is 2.43 bits per heavy atom. The van der Waals surface area contributed by atoms with E-state index in [-0.39, 0.29) is 5.82 Å². The van der Waals surface area contributed by atoms with Gasteiger partial charge in [-0.2, -0.15) is 0 Å². The number of halogens is 2. The Hall–Kier alpha value is -1.91. The van der Waals surface area contributed by atoms with E-state index in [0.29, 0.717) is 23.7 Å². The van der Waals surface area contributed by atoms with E-state index in [4.69, 9.17) is 17.3 Å². The second-order valence-electron chi connectivity index (χ2n) is 4.97. The Labute approximate surface area is 128 Å². The molecule has 2 aromatic carbocycles. The van der Waals surface area contributed by atoms with Gasteiger partial charge in [-0.05, 0) is 42.4 Å². The van der Waals surface area contributed by atoms with Crippen LogP contribution >= 0.6 is 11.6 Å². The molecule has 0 radical (unpaired) electrons. The lowest BCUT2D eigenvalue weighted by molar-refractivity contribution is 0.100. The summed E-state index contributed by atoms with van der Waals surface area (Å²) in [6.07, 6.45) is 0. The van der Waals surface area contributed by atoms with Crippen molar-refractivity contribution in [2.45, 2.75) is 13.1 Å². The molecule has 21 heavy (non-hydrogen) atoms. The van der Waals surface area contributed by atoms with E-state index in [1.807, 2.05) is 19.2 Å². The van der Waals surface area contributed by atoms with Crippen LogP contribution in [0.1, 0.15) is 21.5 Å². The highest BCUT2D eigenvalue weighted by atomic mass is 35.5. The summed E-state index contributed by atoms with van der Waals surface area (Å²) in [5.74, 6) is -0.776. The highest BCUT2D eigenvalue weighted by molar-refractivity contribution is 6.31. The number of carbonyl (C=O) groups is 1. The van der Waals surface area contributed by atoms with Gasteiger partial charge in [-0.15, -0.1) is 0 Å². The highest BCUT2D eigenvalue weighted by Crippen LogP contribution is 2.19. The van der Waals surface area contributed by atoms with E-state index in [1.165, 1.54) is 12.1 Å². The summed E-state index contributed by atoms with van der Waals surface area (Å²) < 4.78 is 13.0. The quantitative estimate of drug-likeness (QED) is 0.922. The predicted molar refractivity (Wildman–Crippen MR) is 81.5 cm³/mol. The number of benzene rings is 2. The van der Waals surface area contributed by atoms with Crippen molar-refractivity contribution in [3.63, 3.8) is 0 Å². The zero-order valence-electron chi connectivity index (χ0n) is 11.6. The van der Waals surface area contributed by atoms with Crippen molar-refractivity contribution in [3.05, 3.63) is 70.0 Å². The largest absolute Gasteiger partial charge is 0.366 e. The molecule has 0 aliphatic carbocycles. The zero-order valence-corrected chi connectivity index (χ0v) is 12.4. The van der Waals surface area contributed by atoms with Crippen LogP contribution in [-0.2, 0) is 13.1 Å². The molecule has 0 heterocycles. The summed E-state index contributed by atoms with van der Waals surface area (Å²) >= 11 is 6.01. The molecule has 0 spiro atoms. The fraction of sp³-hybridized carbons (Fsp3) is 0.188. The first kappa shape index (κ1) is 15.5. The van der Waals surface area contributed by atoms with Crippen molar-refractivity contribution in [2.75, 3.05) is 7.05 Å². The van der Waals surface area contributed by atoms with E-state index < -0.39 is 5.91 Å². The third-order valence-electron chi connectivity index (χ3n) is 3.15. The number of primary amides is 1. The van der Waals surface area contributed by atoms with Crippen molar-refractivity contribution in [2.24, 2.45) is 5.73 Å². The fourth-order valence-electron chi connectivity index (χ4n) is 2.08. The molecule has 0 fully saturated rings. The molecule has 2 aromatic rings. The maximum absolute atomic E-state index is 13.0. The molecular weight excluding hydrogens is 291 g/mol. The van der Waals surface area contributed by atoms with E-state index in [9.17, 15) is 9.18 Å². The Bertz CT molecular complexity index is 643. The van der Waals surface area contributed by atoms with Crippen molar-refractivity contribution in [1.82, 2.24) is 4.90 Å². The third kappa shape index (κ3) is 4.28. The number of nitrogens with two attached hydrogens (primary N) is 1. The summed E-state index contributed by atoms with van der Waals surface area (Å²) in [6, 6.07) is 11.5. The van der Waals surface area contributed by atoms with Crippen LogP contribution in [0.2, 0.25) is 5.02 Å². The summed E-state index contributed by atoms with van der Waals surface area (Å²) in [6.45, 7) is 1.30. The lowest BCUT2D eigenvalue weighted by atomic mass is 10.1. The summed E-state index contributed by atoms with van der Waals surface area (Å²) in [5, 5.41) is 0.422. The van der Waals surface area contributed by atoms with Crippen LogP contribution in [0.15, 0.2) is 42.5 Å². The van der Waals surface area contributed by atoms with Gasteiger partial charge in [-0.1, -0.05) is 29.8 Å². The molecule has 3 nitrogen and oxygen atoms in total. The van der Waals surface area contributed by atoms with Crippen LogP contribution in [-0.4, -0.2) is 17.9 Å². The molecule has 110 valence electrons. The average Bonchev–Trinajstić information content (AvgIpc) is 2.42. The van der Waals surface area contributed by atoms with E-state index in [1.54, 1.807) is 18.2 Å². The fourth-order valence-corrected chi connectivity index (χ4v) is 2.31. The number of hydrogen-bond acceptors (Lipinski definition) is 2. The lowest BCUT2D eigenvalue weighted by Gasteiger charge is -2.17. The first-order valence-corrected chi connectivity index (χ1v) is 6.84. The molecule has 0 unspecified atom stereocenters. The average molecular weight is 307 g/mol. The van der Waals surface area contributed by atoms with Crippen LogP contribution in [0.4, 0.5) is 4.39 Å². The van der Waals surface area contributed by atoms with Gasteiger partial charge in [0.15, 0.2) is 0 Å². The third-order valence-corrected chi connectivity index (χ3v) is 3.50. The minimum absolute atomic E-state index is 0.339. The Morgan fingerprint density at radius 2 is 1.86 bits per heavy atom. The van der Waals surface area contributed by atoms with Gasteiger partial charge in [-0.3, -0.25) is 9.69 Å². The minimum Gasteiger partial charge on any atom is -0.366 e. The molecule has 0 atom stereocenters. The Morgan fingerprint density at radius 1 is 1.19 bits per heavy atom. The van der Waals surface area contributed by atoms with Crippen molar-refractivity contribution in [1.29, 1.82) is 0 Å². The molecule has 0 aliphatic rings. The van der Waals surface area contributed by atoms with Crippen LogP contribution in [0.25, 0.3) is 0 Å². The summed E-state index contributed by atoms with van der Waals surface area (Å²) in [4.78, 5) is 13.1. The molecule has 1 amide bonds. The van der Waals surface area contributed by atoms with E-state index in [0.717, 1.165) is 11.1 Å². The molecule has 2 rings (SSSR count). The topological polar surface area (TPSA) is 46.3 Å². The maximum atomic E-state index is 13.0. The molecule has 0 aromatic heterocycles. The summed E-state index contributed by atoms with van der Waals surface area (Å²) in [5.41, 5.74) is 7.62. The number of nitrogens with zero attached hydrogens (tertiary/aromatic N) is 1. The molecule has 0 saturated heterocycles. The SMILES string of the molecule is CN(Cc1ccc(C(N)=O)cc1)Cc1ccc(F)cc1Cl. The van der Waals surface area contributed by atoms with Gasteiger partial charge in [0.2, 0.25) is 5.91 Å². The van der Waals surface area contributed by atoms with Crippen LogP contribution in [0.5, 0.6) is 0 Å². The normalized spacial score (nSPS) is 10.9. The first-order chi connectivity index (χ1) is 9.95. The smallest absolute Gasteiger partial charge is 0.248 e. The number of amides is 1.